The number of unbranched alkanes of at least 4 members (excludes halogenated alkanes) is 4. The maximum Gasteiger partial charge on any atom is 0.210 e. The molecule has 0 amide bonds. The fraction of sp³-hybridized carbons (Fsp3) is 0.500. The second kappa shape index (κ2) is 10.7. The van der Waals surface area contributed by atoms with Crippen molar-refractivity contribution in [3.8, 4) is 11.1 Å². The predicted octanol–water partition coefficient (Wildman–Crippen LogP) is 7.93. The van der Waals surface area contributed by atoms with Gasteiger partial charge in [0.25, 0.3) is 0 Å². The Kier molecular flexibility index (Phi) is 8.06. The average molecular weight is 420 g/mol. The van der Waals surface area contributed by atoms with Crippen molar-refractivity contribution in [1.82, 2.24) is 0 Å². The van der Waals surface area contributed by atoms with E-state index in [2.05, 4.69) is 62.3 Å². The van der Waals surface area contributed by atoms with Gasteiger partial charge in [0.2, 0.25) is 5.78 Å². The molecule has 0 aromatic heterocycles. The van der Waals surface area contributed by atoms with Crippen LogP contribution in [0.3, 0.4) is 0 Å². The van der Waals surface area contributed by atoms with Crippen LogP contribution in [0.5, 0.6) is 0 Å². The molecule has 2 aromatic carbocycles. The second-order valence-corrected chi connectivity index (χ2v) is 8.93. The molecular formula is C28H37NO2. The molecule has 2 aromatic rings. The first kappa shape index (κ1) is 23.2. The second-order valence-electron chi connectivity index (χ2n) is 8.93. The number of rotatable bonds is 12. The summed E-state index contributed by atoms with van der Waals surface area (Å²) in [7, 11) is 0. The summed E-state index contributed by atoms with van der Waals surface area (Å²) in [6.07, 6.45) is 10.4. The smallest absolute Gasteiger partial charge is 0.210 e. The molecule has 0 radical (unpaired) electrons. The quantitative estimate of drug-likeness (QED) is 0.125. The van der Waals surface area contributed by atoms with Gasteiger partial charge in [-0.3, -0.25) is 4.79 Å². The molecule has 1 aliphatic carbocycles. The van der Waals surface area contributed by atoms with Crippen molar-refractivity contribution < 1.29 is 10.0 Å². The number of benzene rings is 2. The van der Waals surface area contributed by atoms with E-state index in [1.54, 1.807) is 0 Å². The number of carbonyl (C=O) groups excluding carboxylic acids is 1. The highest BCUT2D eigenvalue weighted by molar-refractivity contribution is 6.45. The van der Waals surface area contributed by atoms with E-state index in [4.69, 9.17) is 0 Å². The van der Waals surface area contributed by atoms with E-state index in [-0.39, 0.29) is 16.9 Å². The number of hydrogen-bond donors (Lipinski definition) is 1. The van der Waals surface area contributed by atoms with E-state index in [1.165, 1.54) is 35.1 Å². The molecule has 0 fully saturated rings. The highest BCUT2D eigenvalue weighted by Crippen LogP contribution is 2.53. The molecule has 166 valence electrons. The molecule has 0 saturated heterocycles. The zero-order valence-electron chi connectivity index (χ0n) is 19.4. The maximum absolute atomic E-state index is 13.2. The fourth-order valence-electron chi connectivity index (χ4n) is 5.39. The van der Waals surface area contributed by atoms with Crippen LogP contribution in [0.25, 0.3) is 11.1 Å². The molecule has 3 heteroatoms. The Morgan fingerprint density at radius 2 is 1.52 bits per heavy atom. The standard InChI is InChI=1S/C28H37NO2/c1-4-7-8-9-10-15-26(29-31)27(30)21-16-17-23-22-13-11-12-14-24(22)28(18-5-2,19-6-3)25(23)20-21/h11-14,16-17,20,31H,4-10,15,18-19H2,1-3H3. The Morgan fingerprint density at radius 3 is 2.19 bits per heavy atom. The molecule has 0 bridgehead atoms. The highest BCUT2D eigenvalue weighted by Gasteiger charge is 2.41. The Balaban J connectivity index is 1.93. The van der Waals surface area contributed by atoms with Crippen LogP contribution >= 0.6 is 0 Å². The zero-order valence-corrected chi connectivity index (χ0v) is 19.4. The Bertz CT molecular complexity index is 922. The number of hydrogen-bond acceptors (Lipinski definition) is 3. The lowest BCUT2D eigenvalue weighted by Crippen LogP contribution is -2.25. The summed E-state index contributed by atoms with van der Waals surface area (Å²) in [5.41, 5.74) is 6.09. The van der Waals surface area contributed by atoms with Gasteiger partial charge in [-0.15, -0.1) is 0 Å². The van der Waals surface area contributed by atoms with E-state index in [1.807, 2.05) is 6.07 Å². The van der Waals surface area contributed by atoms with Gasteiger partial charge in [-0.2, -0.15) is 0 Å². The van der Waals surface area contributed by atoms with Crippen LogP contribution < -0.4 is 0 Å². The third kappa shape index (κ3) is 4.61. The van der Waals surface area contributed by atoms with Crippen LogP contribution in [0.4, 0.5) is 0 Å². The number of fused-ring (bicyclic) bond motifs is 3. The van der Waals surface area contributed by atoms with Crippen molar-refractivity contribution in [3.05, 3.63) is 59.2 Å². The minimum Gasteiger partial charge on any atom is -0.411 e. The highest BCUT2D eigenvalue weighted by atomic mass is 16.4. The van der Waals surface area contributed by atoms with Crippen molar-refractivity contribution in [3.63, 3.8) is 0 Å². The molecule has 0 unspecified atom stereocenters. The largest absolute Gasteiger partial charge is 0.411 e. The van der Waals surface area contributed by atoms with Gasteiger partial charge in [0.1, 0.15) is 5.71 Å². The normalized spacial score (nSPS) is 14.4. The minimum absolute atomic E-state index is 0.0393. The molecular weight excluding hydrogens is 382 g/mol. The number of nitrogens with zero attached hydrogens (tertiary/aromatic N) is 1. The predicted molar refractivity (Wildman–Crippen MR) is 129 cm³/mol. The molecule has 0 spiro atoms. The van der Waals surface area contributed by atoms with Crippen molar-refractivity contribution >= 4 is 11.5 Å². The number of Topliss-reactive ketones (excluding diaryl/α,β-unsaturated/α-hetero) is 1. The van der Waals surface area contributed by atoms with Crippen LogP contribution in [0, 0.1) is 0 Å². The molecule has 3 rings (SSSR count). The topological polar surface area (TPSA) is 49.7 Å². The van der Waals surface area contributed by atoms with Crippen LogP contribution in [0.1, 0.15) is 106 Å². The first-order valence-electron chi connectivity index (χ1n) is 12.1. The molecule has 0 heterocycles. The van der Waals surface area contributed by atoms with Crippen molar-refractivity contribution in [1.29, 1.82) is 0 Å². The third-order valence-corrected chi connectivity index (χ3v) is 6.78. The van der Waals surface area contributed by atoms with E-state index < -0.39 is 0 Å². The zero-order chi connectivity index (χ0) is 22.3. The van der Waals surface area contributed by atoms with Gasteiger partial charge >= 0.3 is 0 Å². The lowest BCUT2D eigenvalue weighted by Gasteiger charge is -2.32. The van der Waals surface area contributed by atoms with Crippen LogP contribution in [-0.4, -0.2) is 16.7 Å². The van der Waals surface area contributed by atoms with E-state index in [0.717, 1.165) is 44.9 Å². The molecule has 3 nitrogen and oxygen atoms in total. The van der Waals surface area contributed by atoms with Gasteiger partial charge in [0, 0.05) is 11.0 Å². The van der Waals surface area contributed by atoms with E-state index in [9.17, 15) is 10.0 Å². The van der Waals surface area contributed by atoms with Crippen molar-refractivity contribution in [2.24, 2.45) is 5.16 Å². The molecule has 1 N–H and O–H groups in total. The number of oxime groups is 1. The third-order valence-electron chi connectivity index (χ3n) is 6.78. The van der Waals surface area contributed by atoms with Gasteiger partial charge in [-0.1, -0.05) is 101 Å². The monoisotopic (exact) mass is 419 g/mol. The fourth-order valence-corrected chi connectivity index (χ4v) is 5.39. The van der Waals surface area contributed by atoms with Gasteiger partial charge in [0.05, 0.1) is 0 Å². The summed E-state index contributed by atoms with van der Waals surface area (Å²) in [6, 6.07) is 14.8. The SMILES string of the molecule is CCCCCCCC(=NO)C(=O)c1ccc2c(c1)C(CCC)(CCC)c1ccccc1-2. The van der Waals surface area contributed by atoms with Gasteiger partial charge in [-0.05, 0) is 54.0 Å². The summed E-state index contributed by atoms with van der Waals surface area (Å²) < 4.78 is 0. The van der Waals surface area contributed by atoms with Gasteiger partial charge in [0.15, 0.2) is 0 Å². The van der Waals surface area contributed by atoms with E-state index >= 15 is 0 Å². The first-order chi connectivity index (χ1) is 15.1. The minimum atomic E-state index is -0.140. The molecule has 0 aliphatic heterocycles. The lowest BCUT2D eigenvalue weighted by atomic mass is 9.71. The maximum atomic E-state index is 13.2. The van der Waals surface area contributed by atoms with Crippen LogP contribution in [0.2, 0.25) is 0 Å². The Labute approximate surface area is 187 Å². The number of ketones is 1. The van der Waals surface area contributed by atoms with E-state index in [0.29, 0.717) is 12.0 Å². The summed E-state index contributed by atoms with van der Waals surface area (Å²) >= 11 is 0. The van der Waals surface area contributed by atoms with Gasteiger partial charge in [-0.25, -0.2) is 0 Å². The van der Waals surface area contributed by atoms with Crippen molar-refractivity contribution in [2.45, 2.75) is 90.4 Å². The summed E-state index contributed by atoms with van der Waals surface area (Å²) in [5, 5.41) is 12.9. The molecule has 0 atom stereocenters. The summed E-state index contributed by atoms with van der Waals surface area (Å²) in [4.78, 5) is 13.2. The summed E-state index contributed by atoms with van der Waals surface area (Å²) in [5.74, 6) is -0.140. The average Bonchev–Trinajstić information content (AvgIpc) is 3.06. The van der Waals surface area contributed by atoms with Crippen LogP contribution in [0.15, 0.2) is 47.6 Å². The van der Waals surface area contributed by atoms with Crippen molar-refractivity contribution in [2.75, 3.05) is 0 Å². The van der Waals surface area contributed by atoms with Gasteiger partial charge < -0.3 is 5.21 Å². The first-order valence-corrected chi connectivity index (χ1v) is 12.1. The lowest BCUT2D eigenvalue weighted by molar-refractivity contribution is 0.105. The Morgan fingerprint density at radius 1 is 0.839 bits per heavy atom. The molecule has 31 heavy (non-hydrogen) atoms. The van der Waals surface area contributed by atoms with Crippen LogP contribution in [-0.2, 0) is 5.41 Å². The Hall–Kier alpha value is -2.42. The number of carbonyl (C=O) groups is 1. The summed E-state index contributed by atoms with van der Waals surface area (Å²) in [6.45, 7) is 6.66. The molecule has 1 aliphatic rings. The molecule has 0 saturated carbocycles.